The Hall–Kier alpha value is -1.92. The number of aromatic nitrogens is 2. The van der Waals surface area contributed by atoms with E-state index in [9.17, 15) is 4.79 Å². The SMILES string of the molecule is O=Cc1oc2c(c1C1CC1)-c1nn(CC3COCCO3)cc1CC2. The summed E-state index contributed by atoms with van der Waals surface area (Å²) in [6.45, 7) is 2.62. The Morgan fingerprint density at radius 2 is 2.21 bits per heavy atom. The van der Waals surface area contributed by atoms with Crippen molar-refractivity contribution in [2.45, 2.75) is 44.2 Å². The van der Waals surface area contributed by atoms with E-state index >= 15 is 0 Å². The second kappa shape index (κ2) is 5.57. The van der Waals surface area contributed by atoms with E-state index < -0.39 is 0 Å². The maximum atomic E-state index is 11.4. The van der Waals surface area contributed by atoms with E-state index in [0.29, 0.717) is 38.0 Å². The molecule has 6 heteroatoms. The number of aldehydes is 1. The minimum absolute atomic E-state index is 0.0531. The van der Waals surface area contributed by atoms with Crippen molar-refractivity contribution in [2.24, 2.45) is 0 Å². The molecule has 1 unspecified atom stereocenters. The molecule has 24 heavy (non-hydrogen) atoms. The summed E-state index contributed by atoms with van der Waals surface area (Å²) >= 11 is 0. The third-order valence-corrected chi connectivity index (χ3v) is 5.11. The van der Waals surface area contributed by atoms with Gasteiger partial charge in [-0.15, -0.1) is 0 Å². The van der Waals surface area contributed by atoms with Gasteiger partial charge in [0.15, 0.2) is 12.0 Å². The Morgan fingerprint density at radius 3 is 2.96 bits per heavy atom. The summed E-state index contributed by atoms with van der Waals surface area (Å²) in [7, 11) is 0. The molecule has 0 bridgehead atoms. The van der Waals surface area contributed by atoms with Crippen LogP contribution in [0.2, 0.25) is 0 Å². The Bertz CT molecular complexity index is 781. The number of rotatable bonds is 4. The van der Waals surface area contributed by atoms with Crippen LogP contribution in [-0.2, 0) is 28.9 Å². The van der Waals surface area contributed by atoms with Gasteiger partial charge in [0.05, 0.1) is 32.1 Å². The fourth-order valence-corrected chi connectivity index (χ4v) is 3.86. The zero-order valence-corrected chi connectivity index (χ0v) is 13.5. The van der Waals surface area contributed by atoms with Crippen LogP contribution in [0.3, 0.4) is 0 Å². The van der Waals surface area contributed by atoms with Crippen LogP contribution in [0.25, 0.3) is 11.3 Å². The number of hydrogen-bond acceptors (Lipinski definition) is 5. The molecule has 6 nitrogen and oxygen atoms in total. The van der Waals surface area contributed by atoms with E-state index in [1.165, 1.54) is 5.56 Å². The molecule has 0 aromatic carbocycles. The van der Waals surface area contributed by atoms with Gasteiger partial charge in [-0.25, -0.2) is 0 Å². The summed E-state index contributed by atoms with van der Waals surface area (Å²) in [5.74, 6) is 1.90. The Morgan fingerprint density at radius 1 is 1.29 bits per heavy atom. The number of furan rings is 1. The predicted molar refractivity (Wildman–Crippen MR) is 85.3 cm³/mol. The van der Waals surface area contributed by atoms with E-state index in [1.807, 2.05) is 4.68 Å². The molecule has 0 amide bonds. The molecule has 3 aliphatic rings. The van der Waals surface area contributed by atoms with Crippen LogP contribution < -0.4 is 0 Å². The number of ether oxygens (including phenoxy) is 2. The van der Waals surface area contributed by atoms with E-state index in [4.69, 9.17) is 19.0 Å². The quantitative estimate of drug-likeness (QED) is 0.806. The Labute approximate surface area is 139 Å². The minimum Gasteiger partial charge on any atom is -0.457 e. The van der Waals surface area contributed by atoms with E-state index in [1.54, 1.807) is 0 Å². The van der Waals surface area contributed by atoms with Crippen LogP contribution in [0.4, 0.5) is 0 Å². The Balaban J connectivity index is 1.51. The zero-order chi connectivity index (χ0) is 16.1. The van der Waals surface area contributed by atoms with Crippen molar-refractivity contribution in [3.63, 3.8) is 0 Å². The summed E-state index contributed by atoms with van der Waals surface area (Å²) < 4.78 is 19.0. The van der Waals surface area contributed by atoms with Gasteiger partial charge in [0.2, 0.25) is 0 Å². The normalized spacial score (nSPS) is 22.9. The van der Waals surface area contributed by atoms with Crippen LogP contribution in [-0.4, -0.2) is 42.0 Å². The number of carbonyl (C=O) groups is 1. The van der Waals surface area contributed by atoms with Gasteiger partial charge < -0.3 is 13.9 Å². The van der Waals surface area contributed by atoms with Crippen molar-refractivity contribution in [1.82, 2.24) is 9.78 Å². The summed E-state index contributed by atoms with van der Waals surface area (Å²) in [6.07, 6.45) is 7.03. The molecule has 1 saturated heterocycles. The van der Waals surface area contributed by atoms with Gasteiger partial charge in [-0.05, 0) is 30.7 Å². The molecule has 0 N–H and O–H groups in total. The minimum atomic E-state index is 0.0531. The fraction of sp³-hybridized carbons (Fsp3) is 0.556. The molecule has 3 heterocycles. The lowest BCUT2D eigenvalue weighted by Gasteiger charge is -2.22. The molecular weight excluding hydrogens is 308 g/mol. The molecule has 1 saturated carbocycles. The number of aryl methyl sites for hydroxylation is 2. The van der Waals surface area contributed by atoms with Crippen molar-refractivity contribution in [1.29, 1.82) is 0 Å². The monoisotopic (exact) mass is 328 g/mol. The van der Waals surface area contributed by atoms with Gasteiger partial charge in [0.25, 0.3) is 0 Å². The van der Waals surface area contributed by atoms with Crippen molar-refractivity contribution in [2.75, 3.05) is 19.8 Å². The average molecular weight is 328 g/mol. The fourth-order valence-electron chi connectivity index (χ4n) is 3.86. The number of fused-ring (bicyclic) bond motifs is 3. The first-order chi connectivity index (χ1) is 11.8. The van der Waals surface area contributed by atoms with Crippen LogP contribution in [0.15, 0.2) is 10.6 Å². The summed E-state index contributed by atoms with van der Waals surface area (Å²) in [5.41, 5.74) is 4.40. The first kappa shape index (κ1) is 14.4. The number of nitrogens with zero attached hydrogens (tertiary/aromatic N) is 2. The molecule has 126 valence electrons. The summed E-state index contributed by atoms with van der Waals surface area (Å²) in [6, 6.07) is 0. The largest absolute Gasteiger partial charge is 0.457 e. The molecule has 2 aromatic rings. The van der Waals surface area contributed by atoms with E-state index in [-0.39, 0.29) is 6.10 Å². The standard InChI is InChI=1S/C18H20N2O4/c21-9-15-16(11-1-2-11)17-14(24-15)4-3-12-7-20(19-18(12)17)8-13-10-22-5-6-23-13/h7,9,11,13H,1-6,8,10H2. The van der Waals surface area contributed by atoms with Gasteiger partial charge in [-0.1, -0.05) is 0 Å². The lowest BCUT2D eigenvalue weighted by Crippen LogP contribution is -2.32. The molecule has 2 aliphatic carbocycles. The van der Waals surface area contributed by atoms with Crippen molar-refractivity contribution >= 4 is 6.29 Å². The second-order valence-corrected chi connectivity index (χ2v) is 6.86. The smallest absolute Gasteiger partial charge is 0.185 e. The van der Waals surface area contributed by atoms with E-state index in [2.05, 4.69) is 6.20 Å². The van der Waals surface area contributed by atoms with Crippen molar-refractivity contribution < 1.29 is 18.7 Å². The van der Waals surface area contributed by atoms with Crippen molar-refractivity contribution in [3.8, 4) is 11.3 Å². The topological polar surface area (TPSA) is 66.5 Å². The summed E-state index contributed by atoms with van der Waals surface area (Å²) in [4.78, 5) is 11.4. The third kappa shape index (κ3) is 2.32. The van der Waals surface area contributed by atoms with Gasteiger partial charge in [0.1, 0.15) is 11.9 Å². The maximum absolute atomic E-state index is 11.4. The third-order valence-electron chi connectivity index (χ3n) is 5.11. The molecule has 1 aliphatic heterocycles. The van der Waals surface area contributed by atoms with Crippen LogP contribution in [0.5, 0.6) is 0 Å². The lowest BCUT2D eigenvalue weighted by molar-refractivity contribution is -0.0946. The van der Waals surface area contributed by atoms with Gasteiger partial charge in [0, 0.05) is 23.7 Å². The van der Waals surface area contributed by atoms with Crippen LogP contribution in [0.1, 0.15) is 46.2 Å². The highest BCUT2D eigenvalue weighted by molar-refractivity contribution is 5.83. The van der Waals surface area contributed by atoms with E-state index in [0.717, 1.165) is 54.6 Å². The zero-order valence-electron chi connectivity index (χ0n) is 13.5. The van der Waals surface area contributed by atoms with Gasteiger partial charge in [-0.2, -0.15) is 5.10 Å². The van der Waals surface area contributed by atoms with Gasteiger partial charge in [-0.3, -0.25) is 9.48 Å². The molecule has 1 atom stereocenters. The maximum Gasteiger partial charge on any atom is 0.185 e. The molecule has 0 radical (unpaired) electrons. The van der Waals surface area contributed by atoms with Crippen LogP contribution in [0, 0.1) is 0 Å². The van der Waals surface area contributed by atoms with Gasteiger partial charge >= 0.3 is 0 Å². The number of carbonyl (C=O) groups excluding carboxylic acids is 1. The lowest BCUT2D eigenvalue weighted by atomic mass is 9.91. The molecule has 2 fully saturated rings. The molecule has 5 rings (SSSR count). The highest BCUT2D eigenvalue weighted by Crippen LogP contribution is 2.49. The predicted octanol–water partition coefficient (Wildman–Crippen LogP) is 2.35. The average Bonchev–Trinajstić information content (AvgIpc) is 3.24. The second-order valence-electron chi connectivity index (χ2n) is 6.86. The number of hydrogen-bond donors (Lipinski definition) is 0. The Kier molecular flexibility index (Phi) is 3.35. The summed E-state index contributed by atoms with van der Waals surface area (Å²) in [5, 5.41) is 4.81. The first-order valence-electron chi connectivity index (χ1n) is 8.70. The first-order valence-corrected chi connectivity index (χ1v) is 8.70. The van der Waals surface area contributed by atoms with Crippen molar-refractivity contribution in [3.05, 3.63) is 28.8 Å². The molecular formula is C18H20N2O4. The molecule has 2 aromatic heterocycles. The van der Waals surface area contributed by atoms with Crippen LogP contribution >= 0.6 is 0 Å². The highest BCUT2D eigenvalue weighted by Gasteiger charge is 2.37. The molecule has 0 spiro atoms. The highest BCUT2D eigenvalue weighted by atomic mass is 16.6.